The van der Waals surface area contributed by atoms with Crippen molar-refractivity contribution in [2.24, 2.45) is 0 Å². The second-order valence-corrected chi connectivity index (χ2v) is 6.99. The first-order valence-corrected chi connectivity index (χ1v) is 8.00. The van der Waals surface area contributed by atoms with Crippen LogP contribution in [0.15, 0.2) is 23.6 Å². The normalized spacial score (nSPS) is 31.3. The maximum Gasteiger partial charge on any atom is 0.187 e. The highest BCUT2D eigenvalue weighted by molar-refractivity contribution is 7.99. The lowest BCUT2D eigenvalue weighted by atomic mass is 9.82. The highest BCUT2D eigenvalue weighted by atomic mass is 32.2. The Morgan fingerprint density at radius 2 is 2.11 bits per heavy atom. The van der Waals surface area contributed by atoms with Crippen molar-refractivity contribution in [2.75, 3.05) is 6.61 Å². The van der Waals surface area contributed by atoms with Crippen molar-refractivity contribution in [1.82, 2.24) is 15.3 Å². The maximum absolute atomic E-state index is 9.80. The van der Waals surface area contributed by atoms with Gasteiger partial charge in [-0.3, -0.25) is 0 Å². The minimum Gasteiger partial charge on any atom is -0.394 e. The van der Waals surface area contributed by atoms with E-state index in [-0.39, 0.29) is 12.1 Å². The number of aliphatic hydroxyl groups is 1. The third-order valence-electron chi connectivity index (χ3n) is 4.00. The second-order valence-electron chi connectivity index (χ2n) is 5.72. The van der Waals surface area contributed by atoms with Gasteiger partial charge in [0.15, 0.2) is 5.16 Å². The molecule has 0 amide bonds. The van der Waals surface area contributed by atoms with Gasteiger partial charge in [-0.1, -0.05) is 18.2 Å². The predicted octanol–water partition coefficient (Wildman–Crippen LogP) is 1.99. The highest BCUT2D eigenvalue weighted by Crippen LogP contribution is 2.38. The molecule has 2 saturated carbocycles. The van der Waals surface area contributed by atoms with E-state index in [4.69, 9.17) is 0 Å². The molecule has 4 nitrogen and oxygen atoms in total. The second kappa shape index (κ2) is 5.77. The lowest BCUT2D eigenvalue weighted by molar-refractivity contribution is 0.122. The molecular weight excluding hydrogens is 258 g/mol. The van der Waals surface area contributed by atoms with Gasteiger partial charge in [-0.05, 0) is 38.2 Å². The van der Waals surface area contributed by atoms with Crippen LogP contribution < -0.4 is 5.32 Å². The molecule has 2 N–H and O–H groups in total. The summed E-state index contributed by atoms with van der Waals surface area (Å²) in [6.07, 6.45) is 10.6. The van der Waals surface area contributed by atoms with Crippen LogP contribution in [0, 0.1) is 0 Å². The number of aromatic nitrogens is 2. The van der Waals surface area contributed by atoms with E-state index in [9.17, 15) is 5.11 Å². The van der Waals surface area contributed by atoms with E-state index < -0.39 is 0 Å². The number of rotatable bonds is 5. The molecule has 2 unspecified atom stereocenters. The standard InChI is InChI=1S/C14H21N3OS/c18-10-14(17-11-4-5-11)6-1-3-12(9-14)19-13-15-7-2-8-16-13/h2,7-8,11-12,17-18H,1,3-6,9-10H2. The number of hydrogen-bond acceptors (Lipinski definition) is 5. The minimum absolute atomic E-state index is 0.0636. The number of hydrogen-bond donors (Lipinski definition) is 2. The van der Waals surface area contributed by atoms with Crippen LogP contribution in [-0.4, -0.2) is 38.5 Å². The van der Waals surface area contributed by atoms with Crippen molar-refractivity contribution in [3.8, 4) is 0 Å². The molecule has 0 aromatic carbocycles. The number of nitrogens with zero attached hydrogens (tertiary/aromatic N) is 2. The molecule has 0 spiro atoms. The van der Waals surface area contributed by atoms with Gasteiger partial charge in [0.2, 0.25) is 0 Å². The van der Waals surface area contributed by atoms with Crippen LogP contribution in [-0.2, 0) is 0 Å². The molecule has 2 aliphatic rings. The highest BCUT2D eigenvalue weighted by Gasteiger charge is 2.40. The van der Waals surface area contributed by atoms with Gasteiger partial charge in [-0.15, -0.1) is 0 Å². The lowest BCUT2D eigenvalue weighted by Crippen LogP contribution is -2.53. The molecule has 1 heterocycles. The smallest absolute Gasteiger partial charge is 0.187 e. The summed E-state index contributed by atoms with van der Waals surface area (Å²) < 4.78 is 0. The number of aliphatic hydroxyl groups excluding tert-OH is 1. The third kappa shape index (κ3) is 3.46. The largest absolute Gasteiger partial charge is 0.394 e. The van der Waals surface area contributed by atoms with Gasteiger partial charge in [0.05, 0.1) is 6.61 Å². The van der Waals surface area contributed by atoms with E-state index in [0.29, 0.717) is 11.3 Å². The Balaban J connectivity index is 1.63. The summed E-state index contributed by atoms with van der Waals surface area (Å²) in [5.41, 5.74) is -0.0636. The summed E-state index contributed by atoms with van der Waals surface area (Å²) in [6, 6.07) is 2.49. The molecule has 3 rings (SSSR count). The van der Waals surface area contributed by atoms with E-state index in [1.165, 1.54) is 25.7 Å². The molecule has 2 fully saturated rings. The van der Waals surface area contributed by atoms with E-state index >= 15 is 0 Å². The van der Waals surface area contributed by atoms with E-state index in [2.05, 4.69) is 15.3 Å². The molecule has 2 aliphatic carbocycles. The summed E-state index contributed by atoms with van der Waals surface area (Å²) in [5, 5.41) is 14.8. The third-order valence-corrected chi connectivity index (χ3v) is 5.16. The van der Waals surface area contributed by atoms with E-state index in [1.807, 2.05) is 6.07 Å². The van der Waals surface area contributed by atoms with Gasteiger partial charge in [0, 0.05) is 29.2 Å². The Morgan fingerprint density at radius 1 is 1.32 bits per heavy atom. The van der Waals surface area contributed by atoms with Gasteiger partial charge in [0.25, 0.3) is 0 Å². The topological polar surface area (TPSA) is 58.0 Å². The molecule has 0 bridgehead atoms. The SMILES string of the molecule is OCC1(NC2CC2)CCCC(Sc2ncccn2)C1. The van der Waals surface area contributed by atoms with Crippen molar-refractivity contribution in [2.45, 2.75) is 60.5 Å². The zero-order valence-corrected chi connectivity index (χ0v) is 11.9. The molecule has 2 atom stereocenters. The van der Waals surface area contributed by atoms with Gasteiger partial charge in [-0.2, -0.15) is 0 Å². The van der Waals surface area contributed by atoms with Crippen molar-refractivity contribution < 1.29 is 5.11 Å². The first-order valence-electron chi connectivity index (χ1n) is 7.12. The maximum atomic E-state index is 9.80. The molecule has 19 heavy (non-hydrogen) atoms. The lowest BCUT2D eigenvalue weighted by Gasteiger charge is -2.40. The Kier molecular flexibility index (Phi) is 4.05. The van der Waals surface area contributed by atoms with Crippen LogP contribution in [0.25, 0.3) is 0 Å². The molecule has 0 radical (unpaired) electrons. The van der Waals surface area contributed by atoms with Crippen molar-refractivity contribution >= 4 is 11.8 Å². The summed E-state index contributed by atoms with van der Waals surface area (Å²) in [5.74, 6) is 0. The molecule has 5 heteroatoms. The fourth-order valence-electron chi connectivity index (χ4n) is 2.89. The molecular formula is C14H21N3OS. The van der Waals surface area contributed by atoms with Crippen molar-refractivity contribution in [1.29, 1.82) is 0 Å². The first-order chi connectivity index (χ1) is 9.30. The molecule has 1 aromatic rings. The van der Waals surface area contributed by atoms with Crippen LogP contribution in [0.5, 0.6) is 0 Å². The zero-order valence-electron chi connectivity index (χ0n) is 11.1. The minimum atomic E-state index is -0.0636. The summed E-state index contributed by atoms with van der Waals surface area (Å²) in [4.78, 5) is 8.58. The fraction of sp³-hybridized carbons (Fsp3) is 0.714. The van der Waals surface area contributed by atoms with Gasteiger partial charge in [-0.25, -0.2) is 9.97 Å². The van der Waals surface area contributed by atoms with Gasteiger partial charge in [0.1, 0.15) is 0 Å². The summed E-state index contributed by atoms with van der Waals surface area (Å²) in [7, 11) is 0. The van der Waals surface area contributed by atoms with Crippen LogP contribution in [0.4, 0.5) is 0 Å². The van der Waals surface area contributed by atoms with Crippen LogP contribution in [0.3, 0.4) is 0 Å². The predicted molar refractivity (Wildman–Crippen MR) is 76.1 cm³/mol. The van der Waals surface area contributed by atoms with Crippen molar-refractivity contribution in [3.05, 3.63) is 18.5 Å². The number of thioether (sulfide) groups is 1. The number of nitrogens with one attached hydrogen (secondary N) is 1. The Bertz CT molecular complexity index is 412. The van der Waals surface area contributed by atoms with E-state index in [0.717, 1.165) is 18.0 Å². The average Bonchev–Trinajstić information content (AvgIpc) is 3.24. The van der Waals surface area contributed by atoms with Crippen LogP contribution in [0.1, 0.15) is 38.5 Å². The Morgan fingerprint density at radius 3 is 2.79 bits per heavy atom. The quantitative estimate of drug-likeness (QED) is 0.807. The molecule has 0 saturated heterocycles. The first kappa shape index (κ1) is 13.3. The Labute approximate surface area is 118 Å². The van der Waals surface area contributed by atoms with Crippen LogP contribution in [0.2, 0.25) is 0 Å². The summed E-state index contributed by atoms with van der Waals surface area (Å²) >= 11 is 1.76. The monoisotopic (exact) mass is 279 g/mol. The van der Waals surface area contributed by atoms with Crippen LogP contribution >= 0.6 is 11.8 Å². The molecule has 1 aromatic heterocycles. The summed E-state index contributed by atoms with van der Waals surface area (Å²) in [6.45, 7) is 0.246. The average molecular weight is 279 g/mol. The zero-order chi connectivity index (χ0) is 13.1. The van der Waals surface area contributed by atoms with Crippen molar-refractivity contribution in [3.63, 3.8) is 0 Å². The fourth-order valence-corrected chi connectivity index (χ4v) is 4.11. The van der Waals surface area contributed by atoms with Gasteiger partial charge < -0.3 is 10.4 Å². The molecule has 104 valence electrons. The Hall–Kier alpha value is -0.650. The molecule has 0 aliphatic heterocycles. The van der Waals surface area contributed by atoms with Gasteiger partial charge >= 0.3 is 0 Å². The van der Waals surface area contributed by atoms with E-state index in [1.54, 1.807) is 24.2 Å².